The van der Waals surface area contributed by atoms with Crippen molar-refractivity contribution >= 4 is 27.1 Å². The number of nitrogens with zero attached hydrogens (tertiary/aromatic N) is 1. The van der Waals surface area contributed by atoms with Crippen molar-refractivity contribution in [3.8, 4) is 0 Å². The summed E-state index contributed by atoms with van der Waals surface area (Å²) in [7, 11) is -4.64. The van der Waals surface area contributed by atoms with Crippen LogP contribution >= 0.6 is 0 Å². The number of nitrogens with one attached hydrogen (secondary N) is 1. The fraction of sp³-hybridized carbons (Fsp3) is 0.278. The Balaban J connectivity index is 1.68. The predicted octanol–water partition coefficient (Wildman–Crippen LogP) is 3.07. The van der Waals surface area contributed by atoms with Crippen molar-refractivity contribution in [3.63, 3.8) is 0 Å². The summed E-state index contributed by atoms with van der Waals surface area (Å²) in [5, 5.41) is 2.67. The summed E-state index contributed by atoms with van der Waals surface area (Å²) in [4.78, 5) is 13.8. The van der Waals surface area contributed by atoms with E-state index >= 15 is 0 Å². The molecule has 3 rings (SSSR count). The molecule has 1 unspecified atom stereocenters. The van der Waals surface area contributed by atoms with Gasteiger partial charge in [-0.15, -0.1) is 0 Å². The van der Waals surface area contributed by atoms with Gasteiger partial charge in [0.15, 0.2) is 0 Å². The molecule has 1 N–H and O–H groups in total. The van der Waals surface area contributed by atoms with E-state index < -0.39 is 20.5 Å². The largest absolute Gasteiger partial charge is 0.359 e. The van der Waals surface area contributed by atoms with Gasteiger partial charge in [-0.1, -0.05) is 18.2 Å². The standard InChI is InChI=1S/C18H18F2N2O3S/c1-12-10-13-4-2-3-5-16(13)22(12)11-17(23)21-14-6-8-15(9-7-14)26(24,25)18(19)20/h2-9,12,18H,10-11H2,1H3,(H,21,23). The van der Waals surface area contributed by atoms with Gasteiger partial charge in [0.05, 0.1) is 11.4 Å². The topological polar surface area (TPSA) is 66.5 Å². The Morgan fingerprint density at radius 2 is 1.85 bits per heavy atom. The van der Waals surface area contributed by atoms with Gasteiger partial charge in [0.2, 0.25) is 15.7 Å². The average molecular weight is 380 g/mol. The van der Waals surface area contributed by atoms with Crippen LogP contribution in [-0.2, 0) is 21.1 Å². The normalized spacial score (nSPS) is 16.6. The van der Waals surface area contributed by atoms with Crippen molar-refractivity contribution in [3.05, 3.63) is 54.1 Å². The third kappa shape index (κ3) is 3.55. The lowest BCUT2D eigenvalue weighted by Crippen LogP contribution is -2.37. The van der Waals surface area contributed by atoms with Gasteiger partial charge in [-0.05, 0) is 49.2 Å². The molecule has 0 aliphatic carbocycles. The first-order chi connectivity index (χ1) is 12.3. The zero-order valence-electron chi connectivity index (χ0n) is 14.0. The van der Waals surface area contributed by atoms with E-state index in [0.717, 1.165) is 24.2 Å². The van der Waals surface area contributed by atoms with Gasteiger partial charge in [0, 0.05) is 17.4 Å². The molecule has 2 aromatic rings. The second-order valence-corrected chi connectivity index (χ2v) is 8.11. The molecule has 1 atom stereocenters. The quantitative estimate of drug-likeness (QED) is 0.866. The highest BCUT2D eigenvalue weighted by atomic mass is 32.2. The molecule has 0 spiro atoms. The minimum absolute atomic E-state index is 0.148. The van der Waals surface area contributed by atoms with Crippen molar-refractivity contribution in [1.29, 1.82) is 0 Å². The molecule has 0 radical (unpaired) electrons. The first-order valence-corrected chi connectivity index (χ1v) is 9.60. The van der Waals surface area contributed by atoms with E-state index in [4.69, 9.17) is 0 Å². The van der Waals surface area contributed by atoms with E-state index in [1.54, 1.807) is 0 Å². The SMILES string of the molecule is CC1Cc2ccccc2N1CC(=O)Nc1ccc(S(=O)(=O)C(F)F)cc1. The van der Waals surface area contributed by atoms with Crippen molar-refractivity contribution in [1.82, 2.24) is 0 Å². The molecule has 5 nitrogen and oxygen atoms in total. The minimum atomic E-state index is -4.64. The Hall–Kier alpha value is -2.48. The number of benzene rings is 2. The first kappa shape index (κ1) is 18.3. The Morgan fingerprint density at radius 3 is 2.50 bits per heavy atom. The molecule has 0 aromatic heterocycles. The van der Waals surface area contributed by atoms with Crippen LogP contribution in [0.15, 0.2) is 53.4 Å². The molecule has 2 aromatic carbocycles. The van der Waals surface area contributed by atoms with Gasteiger partial charge in [-0.2, -0.15) is 8.78 Å². The third-order valence-electron chi connectivity index (χ3n) is 4.36. The second kappa shape index (κ2) is 7.03. The van der Waals surface area contributed by atoms with Crippen molar-refractivity contribution in [2.24, 2.45) is 0 Å². The van der Waals surface area contributed by atoms with Crippen molar-refractivity contribution < 1.29 is 22.0 Å². The van der Waals surface area contributed by atoms with E-state index in [-0.39, 0.29) is 18.5 Å². The fourth-order valence-corrected chi connectivity index (χ4v) is 3.78. The number of rotatable bonds is 5. The lowest BCUT2D eigenvalue weighted by atomic mass is 10.1. The van der Waals surface area contributed by atoms with Gasteiger partial charge in [0.25, 0.3) is 0 Å². The van der Waals surface area contributed by atoms with Crippen LogP contribution < -0.4 is 10.2 Å². The lowest BCUT2D eigenvalue weighted by molar-refractivity contribution is -0.115. The molecular weight excluding hydrogens is 362 g/mol. The molecule has 1 heterocycles. The summed E-state index contributed by atoms with van der Waals surface area (Å²) < 4.78 is 47.9. The van der Waals surface area contributed by atoms with Gasteiger partial charge in [-0.25, -0.2) is 8.42 Å². The number of alkyl halides is 2. The number of amides is 1. The van der Waals surface area contributed by atoms with Crippen LogP contribution in [0.5, 0.6) is 0 Å². The summed E-state index contributed by atoms with van der Waals surface area (Å²) in [5.41, 5.74) is 2.56. The van der Waals surface area contributed by atoms with Crippen LogP contribution in [0.4, 0.5) is 20.2 Å². The van der Waals surface area contributed by atoms with E-state index in [2.05, 4.69) is 5.32 Å². The van der Waals surface area contributed by atoms with Gasteiger partial charge in [-0.3, -0.25) is 4.79 Å². The number of carbonyl (C=O) groups excluding carboxylic acids is 1. The Bertz CT molecular complexity index is 914. The number of carbonyl (C=O) groups is 1. The van der Waals surface area contributed by atoms with Crippen molar-refractivity contribution in [2.75, 3.05) is 16.8 Å². The molecule has 26 heavy (non-hydrogen) atoms. The maximum atomic E-state index is 12.5. The van der Waals surface area contributed by atoms with E-state index in [9.17, 15) is 22.0 Å². The molecule has 1 amide bonds. The summed E-state index contributed by atoms with van der Waals surface area (Å²) in [6.45, 7) is 2.19. The average Bonchev–Trinajstić information content (AvgIpc) is 2.91. The van der Waals surface area contributed by atoms with Crippen LogP contribution in [0.2, 0.25) is 0 Å². The van der Waals surface area contributed by atoms with Crippen LogP contribution in [0, 0.1) is 0 Å². The van der Waals surface area contributed by atoms with Crippen molar-refractivity contribution in [2.45, 2.75) is 30.0 Å². The highest BCUT2D eigenvalue weighted by Crippen LogP contribution is 2.31. The fourth-order valence-electron chi connectivity index (χ4n) is 3.06. The summed E-state index contributed by atoms with van der Waals surface area (Å²) >= 11 is 0. The third-order valence-corrected chi connectivity index (χ3v) is 5.76. The van der Waals surface area contributed by atoms with E-state index in [1.807, 2.05) is 36.1 Å². The van der Waals surface area contributed by atoms with Crippen LogP contribution in [0.3, 0.4) is 0 Å². The zero-order valence-corrected chi connectivity index (χ0v) is 14.8. The molecule has 0 saturated carbocycles. The van der Waals surface area contributed by atoms with Crippen LogP contribution in [-0.4, -0.2) is 32.7 Å². The van der Waals surface area contributed by atoms with Crippen LogP contribution in [0.1, 0.15) is 12.5 Å². The molecule has 0 saturated heterocycles. The number of hydrogen-bond acceptors (Lipinski definition) is 4. The molecule has 0 fully saturated rings. The number of sulfone groups is 1. The molecule has 138 valence electrons. The van der Waals surface area contributed by atoms with E-state index in [1.165, 1.54) is 17.7 Å². The highest BCUT2D eigenvalue weighted by Gasteiger charge is 2.28. The van der Waals surface area contributed by atoms with Gasteiger partial charge < -0.3 is 10.2 Å². The Kier molecular flexibility index (Phi) is 4.95. The lowest BCUT2D eigenvalue weighted by Gasteiger charge is -2.24. The maximum Gasteiger partial charge on any atom is 0.341 e. The minimum Gasteiger partial charge on any atom is -0.359 e. The summed E-state index contributed by atoms with van der Waals surface area (Å²) in [6, 6.07) is 12.8. The first-order valence-electron chi connectivity index (χ1n) is 8.05. The number of hydrogen-bond donors (Lipinski definition) is 1. The zero-order chi connectivity index (χ0) is 18.9. The smallest absolute Gasteiger partial charge is 0.341 e. The van der Waals surface area contributed by atoms with Crippen LogP contribution in [0.25, 0.3) is 0 Å². The number of fused-ring (bicyclic) bond motifs is 1. The maximum absolute atomic E-state index is 12.5. The van der Waals surface area contributed by atoms with E-state index in [0.29, 0.717) is 5.69 Å². The number of halogens is 2. The summed E-state index contributed by atoms with van der Waals surface area (Å²) in [5.74, 6) is -3.74. The molecular formula is C18H18F2N2O3S. The predicted molar refractivity (Wildman–Crippen MR) is 95.2 cm³/mol. The van der Waals surface area contributed by atoms with Gasteiger partial charge >= 0.3 is 5.76 Å². The number of anilines is 2. The molecule has 1 aliphatic rings. The second-order valence-electron chi connectivity index (χ2n) is 6.19. The Labute approximate surface area is 150 Å². The molecule has 0 bridgehead atoms. The van der Waals surface area contributed by atoms with Gasteiger partial charge in [0.1, 0.15) is 0 Å². The highest BCUT2D eigenvalue weighted by molar-refractivity contribution is 7.91. The monoisotopic (exact) mass is 380 g/mol. The summed E-state index contributed by atoms with van der Waals surface area (Å²) in [6.07, 6.45) is 0.865. The molecule has 8 heteroatoms. The molecule has 1 aliphatic heterocycles. The number of para-hydroxylation sites is 1. The Morgan fingerprint density at radius 1 is 1.19 bits per heavy atom.